The summed E-state index contributed by atoms with van der Waals surface area (Å²) in [6.45, 7) is 4.68. The molecule has 6 heteroatoms. The number of hydrogen-bond donors (Lipinski definition) is 1. The molecule has 0 saturated carbocycles. The number of nitrogens with zero attached hydrogens (tertiary/aromatic N) is 2. The number of benzene rings is 2. The van der Waals surface area contributed by atoms with Gasteiger partial charge in [-0.05, 0) is 42.8 Å². The molecule has 0 atom stereocenters. The number of rotatable bonds is 3. The second-order valence-corrected chi connectivity index (χ2v) is 6.32. The third kappa shape index (κ3) is 4.14. The minimum Gasteiger partial charge on any atom is -0.465 e. The van der Waals surface area contributed by atoms with Crippen LogP contribution in [0.4, 0.5) is 16.2 Å². The molecule has 1 N–H and O–H groups in total. The van der Waals surface area contributed by atoms with Crippen molar-refractivity contribution < 1.29 is 14.3 Å². The molecule has 2 amide bonds. The van der Waals surface area contributed by atoms with E-state index in [0.717, 1.165) is 16.9 Å². The van der Waals surface area contributed by atoms with Gasteiger partial charge in [0, 0.05) is 37.6 Å². The molecule has 1 aliphatic rings. The molecule has 0 spiro atoms. The van der Waals surface area contributed by atoms with Crippen molar-refractivity contribution in [2.75, 3.05) is 43.5 Å². The summed E-state index contributed by atoms with van der Waals surface area (Å²) in [5.74, 6) is -0.344. The molecule has 6 nitrogen and oxygen atoms in total. The number of esters is 1. The number of nitrogens with one attached hydrogen (secondary N) is 1. The largest absolute Gasteiger partial charge is 0.465 e. The van der Waals surface area contributed by atoms with Gasteiger partial charge >= 0.3 is 12.0 Å². The molecule has 0 radical (unpaired) electrons. The SMILES string of the molecule is COC(=O)c1cccc(N2CCN(C(=O)Nc3cccc(C)c3)CC2)c1. The lowest BCUT2D eigenvalue weighted by Gasteiger charge is -2.36. The van der Waals surface area contributed by atoms with E-state index in [-0.39, 0.29) is 12.0 Å². The van der Waals surface area contributed by atoms with E-state index in [0.29, 0.717) is 31.7 Å². The first-order valence-electron chi connectivity index (χ1n) is 8.63. The Kier molecular flexibility index (Phi) is 5.41. The quantitative estimate of drug-likeness (QED) is 0.861. The fourth-order valence-corrected chi connectivity index (χ4v) is 3.04. The molecular formula is C20H23N3O3. The van der Waals surface area contributed by atoms with Crippen LogP contribution in [0, 0.1) is 6.92 Å². The van der Waals surface area contributed by atoms with Gasteiger partial charge in [-0.1, -0.05) is 18.2 Å². The molecule has 1 saturated heterocycles. The first-order chi connectivity index (χ1) is 12.6. The molecule has 0 unspecified atom stereocenters. The molecule has 136 valence electrons. The highest BCUT2D eigenvalue weighted by atomic mass is 16.5. The van der Waals surface area contributed by atoms with Gasteiger partial charge in [0.25, 0.3) is 0 Å². The standard InChI is InChI=1S/C20H23N3O3/c1-15-5-3-7-17(13-15)21-20(25)23-11-9-22(10-12-23)18-8-4-6-16(14-18)19(24)26-2/h3-8,13-14H,9-12H2,1-2H3,(H,21,25). The molecule has 1 aliphatic heterocycles. The van der Waals surface area contributed by atoms with Gasteiger partial charge in [-0.25, -0.2) is 9.59 Å². The number of urea groups is 1. The summed E-state index contributed by atoms with van der Waals surface area (Å²) in [5, 5.41) is 2.95. The second kappa shape index (κ2) is 7.91. The van der Waals surface area contributed by atoms with E-state index in [4.69, 9.17) is 4.74 Å². The van der Waals surface area contributed by atoms with Gasteiger partial charge in [0.15, 0.2) is 0 Å². The second-order valence-electron chi connectivity index (χ2n) is 6.32. The number of amides is 2. The van der Waals surface area contributed by atoms with E-state index in [1.165, 1.54) is 7.11 Å². The van der Waals surface area contributed by atoms with Crippen molar-refractivity contribution in [1.82, 2.24) is 4.90 Å². The summed E-state index contributed by atoms with van der Waals surface area (Å²) >= 11 is 0. The Labute approximate surface area is 153 Å². The van der Waals surface area contributed by atoms with Crippen LogP contribution in [0.15, 0.2) is 48.5 Å². The molecule has 2 aromatic rings. The maximum Gasteiger partial charge on any atom is 0.337 e. The Bertz CT molecular complexity index is 798. The van der Waals surface area contributed by atoms with Crippen LogP contribution in [-0.4, -0.2) is 50.2 Å². The van der Waals surface area contributed by atoms with Crippen LogP contribution in [0.1, 0.15) is 15.9 Å². The molecule has 3 rings (SSSR count). The van der Waals surface area contributed by atoms with Crippen molar-refractivity contribution >= 4 is 23.4 Å². The maximum absolute atomic E-state index is 12.4. The summed E-state index contributed by atoms with van der Waals surface area (Å²) in [7, 11) is 1.38. The highest BCUT2D eigenvalue weighted by Gasteiger charge is 2.22. The number of methoxy groups -OCH3 is 1. The Morgan fingerprint density at radius 1 is 1.00 bits per heavy atom. The van der Waals surface area contributed by atoms with Gasteiger partial charge in [0.1, 0.15) is 0 Å². The Morgan fingerprint density at radius 3 is 2.42 bits per heavy atom. The number of piperazine rings is 1. The highest BCUT2D eigenvalue weighted by molar-refractivity contribution is 5.91. The smallest absolute Gasteiger partial charge is 0.337 e. The zero-order valence-corrected chi connectivity index (χ0v) is 15.1. The average Bonchev–Trinajstić information content (AvgIpc) is 2.67. The predicted octanol–water partition coefficient (Wildman–Crippen LogP) is 3.14. The van der Waals surface area contributed by atoms with Crippen LogP contribution in [0.25, 0.3) is 0 Å². The zero-order chi connectivity index (χ0) is 18.5. The lowest BCUT2D eigenvalue weighted by molar-refractivity contribution is 0.0600. The van der Waals surface area contributed by atoms with E-state index in [1.54, 1.807) is 6.07 Å². The van der Waals surface area contributed by atoms with Crippen molar-refractivity contribution in [3.63, 3.8) is 0 Å². The van der Waals surface area contributed by atoms with Crippen molar-refractivity contribution in [2.24, 2.45) is 0 Å². The number of anilines is 2. The topological polar surface area (TPSA) is 61.9 Å². The average molecular weight is 353 g/mol. The molecule has 26 heavy (non-hydrogen) atoms. The third-order valence-corrected chi connectivity index (χ3v) is 4.47. The summed E-state index contributed by atoms with van der Waals surface area (Å²) in [5.41, 5.74) is 3.41. The molecule has 0 aromatic heterocycles. The lowest BCUT2D eigenvalue weighted by atomic mass is 10.1. The fourth-order valence-electron chi connectivity index (χ4n) is 3.04. The van der Waals surface area contributed by atoms with Gasteiger partial charge in [-0.3, -0.25) is 0 Å². The summed E-state index contributed by atoms with van der Waals surface area (Å²) in [4.78, 5) is 28.1. The van der Waals surface area contributed by atoms with Gasteiger partial charge in [0.05, 0.1) is 12.7 Å². The minimum absolute atomic E-state index is 0.0847. The van der Waals surface area contributed by atoms with Crippen LogP contribution in [-0.2, 0) is 4.74 Å². The first-order valence-corrected chi connectivity index (χ1v) is 8.63. The Balaban J connectivity index is 1.59. The monoisotopic (exact) mass is 353 g/mol. The molecule has 0 aliphatic carbocycles. The lowest BCUT2D eigenvalue weighted by Crippen LogP contribution is -2.50. The number of carbonyl (C=O) groups is 2. The number of aryl methyl sites for hydroxylation is 1. The third-order valence-electron chi connectivity index (χ3n) is 4.47. The molecule has 1 heterocycles. The molecule has 2 aromatic carbocycles. The number of hydrogen-bond acceptors (Lipinski definition) is 4. The minimum atomic E-state index is -0.344. The van der Waals surface area contributed by atoms with Gasteiger partial charge in [0.2, 0.25) is 0 Å². The summed E-state index contributed by atoms with van der Waals surface area (Å²) in [6, 6.07) is 15.1. The van der Waals surface area contributed by atoms with Crippen LogP contribution in [0.5, 0.6) is 0 Å². The summed E-state index contributed by atoms with van der Waals surface area (Å²) < 4.78 is 4.77. The van der Waals surface area contributed by atoms with E-state index in [1.807, 2.05) is 54.3 Å². The Hall–Kier alpha value is -3.02. The van der Waals surface area contributed by atoms with E-state index < -0.39 is 0 Å². The van der Waals surface area contributed by atoms with Crippen molar-refractivity contribution in [3.8, 4) is 0 Å². The first kappa shape index (κ1) is 17.8. The van der Waals surface area contributed by atoms with Crippen LogP contribution in [0.3, 0.4) is 0 Å². The highest BCUT2D eigenvalue weighted by Crippen LogP contribution is 2.19. The predicted molar refractivity (Wildman–Crippen MR) is 102 cm³/mol. The van der Waals surface area contributed by atoms with Gasteiger partial charge in [-0.2, -0.15) is 0 Å². The summed E-state index contributed by atoms with van der Waals surface area (Å²) in [6.07, 6.45) is 0. The van der Waals surface area contributed by atoms with Crippen LogP contribution < -0.4 is 10.2 Å². The number of carbonyl (C=O) groups excluding carboxylic acids is 2. The van der Waals surface area contributed by atoms with Crippen molar-refractivity contribution in [3.05, 3.63) is 59.7 Å². The van der Waals surface area contributed by atoms with Crippen LogP contribution in [0.2, 0.25) is 0 Å². The van der Waals surface area contributed by atoms with Crippen molar-refractivity contribution in [1.29, 1.82) is 0 Å². The van der Waals surface area contributed by atoms with Gasteiger partial charge < -0.3 is 19.9 Å². The van der Waals surface area contributed by atoms with E-state index >= 15 is 0 Å². The number of ether oxygens (including phenoxy) is 1. The van der Waals surface area contributed by atoms with Gasteiger partial charge in [-0.15, -0.1) is 0 Å². The fraction of sp³-hybridized carbons (Fsp3) is 0.300. The molecule has 1 fully saturated rings. The normalized spacial score (nSPS) is 14.1. The van der Waals surface area contributed by atoms with Crippen LogP contribution >= 0.6 is 0 Å². The zero-order valence-electron chi connectivity index (χ0n) is 15.1. The Morgan fingerprint density at radius 2 is 1.73 bits per heavy atom. The molecule has 0 bridgehead atoms. The molecular weight excluding hydrogens is 330 g/mol. The van der Waals surface area contributed by atoms with E-state index in [9.17, 15) is 9.59 Å². The van der Waals surface area contributed by atoms with Crippen molar-refractivity contribution in [2.45, 2.75) is 6.92 Å². The van der Waals surface area contributed by atoms with E-state index in [2.05, 4.69) is 10.2 Å². The maximum atomic E-state index is 12.4.